The van der Waals surface area contributed by atoms with E-state index in [4.69, 9.17) is 0 Å². The van der Waals surface area contributed by atoms with Crippen LogP contribution in [0.25, 0.3) is 0 Å². The third kappa shape index (κ3) is 5.22. The molecule has 0 amide bonds. The van der Waals surface area contributed by atoms with Gasteiger partial charge in [0.25, 0.3) is 0 Å². The molecule has 0 saturated carbocycles. The zero-order chi connectivity index (χ0) is 12.5. The fraction of sp³-hybridized carbons (Fsp3) is 0.538. The molecule has 0 N–H and O–H groups in total. The maximum absolute atomic E-state index is 4.63. The molecular formula is C13H21N3S. The number of hydrogen-bond acceptors (Lipinski definition) is 3. The topological polar surface area (TPSA) is 28.5 Å². The summed E-state index contributed by atoms with van der Waals surface area (Å²) in [6, 6.07) is 4.00. The van der Waals surface area contributed by atoms with Crippen LogP contribution >= 0.6 is 11.8 Å². The normalized spacial score (nSPS) is 11.6. The van der Waals surface area contributed by atoms with E-state index in [9.17, 15) is 0 Å². The first-order valence-electron chi connectivity index (χ1n) is 5.96. The summed E-state index contributed by atoms with van der Waals surface area (Å²) in [4.78, 5) is 11.0. The molecule has 1 aromatic heterocycles. The lowest BCUT2D eigenvalue weighted by molar-refractivity contribution is 0.491. The number of aromatic nitrogens is 1. The van der Waals surface area contributed by atoms with Crippen molar-refractivity contribution in [3.63, 3.8) is 0 Å². The zero-order valence-electron chi connectivity index (χ0n) is 10.9. The lowest BCUT2D eigenvalue weighted by Gasteiger charge is -2.19. The second-order valence-corrected chi connectivity index (χ2v) is 4.71. The van der Waals surface area contributed by atoms with E-state index in [-0.39, 0.29) is 0 Å². The van der Waals surface area contributed by atoms with E-state index >= 15 is 0 Å². The maximum Gasteiger partial charge on any atom is 0.158 e. The molecule has 94 valence electrons. The van der Waals surface area contributed by atoms with Gasteiger partial charge in [-0.2, -0.15) is 0 Å². The first-order valence-corrected chi connectivity index (χ1v) is 7.19. The Morgan fingerprint density at radius 1 is 1.53 bits per heavy atom. The molecule has 3 nitrogen and oxygen atoms in total. The molecule has 0 saturated heterocycles. The molecule has 1 heterocycles. The predicted molar refractivity (Wildman–Crippen MR) is 76.4 cm³/mol. The van der Waals surface area contributed by atoms with Crippen LogP contribution in [0.3, 0.4) is 0 Å². The maximum atomic E-state index is 4.63. The number of amidine groups is 1. The van der Waals surface area contributed by atoms with Crippen molar-refractivity contribution in [1.82, 2.24) is 9.88 Å². The summed E-state index contributed by atoms with van der Waals surface area (Å²) in [7, 11) is 2.11. The van der Waals surface area contributed by atoms with Crippen molar-refractivity contribution in [3.05, 3.63) is 30.1 Å². The van der Waals surface area contributed by atoms with Crippen LogP contribution in [0.2, 0.25) is 0 Å². The highest BCUT2D eigenvalue weighted by atomic mass is 32.2. The van der Waals surface area contributed by atoms with Gasteiger partial charge in [-0.3, -0.25) is 9.98 Å². The van der Waals surface area contributed by atoms with Gasteiger partial charge in [-0.1, -0.05) is 31.2 Å². The second-order valence-electron chi connectivity index (χ2n) is 3.94. The van der Waals surface area contributed by atoms with Crippen LogP contribution in [0.15, 0.2) is 29.5 Å². The quantitative estimate of drug-likeness (QED) is 0.595. The molecule has 4 heteroatoms. The molecule has 17 heavy (non-hydrogen) atoms. The monoisotopic (exact) mass is 251 g/mol. The van der Waals surface area contributed by atoms with E-state index < -0.39 is 0 Å². The number of unbranched alkanes of at least 4 members (excludes halogenated alkanes) is 1. The van der Waals surface area contributed by atoms with Gasteiger partial charge < -0.3 is 4.90 Å². The minimum absolute atomic E-state index is 0.709. The Hall–Kier alpha value is -1.03. The average molecular weight is 251 g/mol. The Bertz CT molecular complexity index is 338. The van der Waals surface area contributed by atoms with Crippen LogP contribution in [0.1, 0.15) is 25.3 Å². The van der Waals surface area contributed by atoms with Crippen molar-refractivity contribution >= 4 is 16.9 Å². The summed E-state index contributed by atoms with van der Waals surface area (Å²) in [5.41, 5.74) is 1.16. The Morgan fingerprint density at radius 3 is 2.94 bits per heavy atom. The highest BCUT2D eigenvalue weighted by Gasteiger charge is 2.03. The average Bonchev–Trinajstić information content (AvgIpc) is 2.38. The minimum Gasteiger partial charge on any atom is -0.355 e. The lowest BCUT2D eigenvalue weighted by Crippen LogP contribution is -2.25. The Morgan fingerprint density at radius 2 is 2.35 bits per heavy atom. The largest absolute Gasteiger partial charge is 0.355 e. The van der Waals surface area contributed by atoms with Crippen molar-refractivity contribution in [2.75, 3.05) is 19.8 Å². The van der Waals surface area contributed by atoms with Crippen molar-refractivity contribution in [2.24, 2.45) is 4.99 Å². The molecule has 1 aromatic rings. The Kier molecular flexibility index (Phi) is 6.70. The molecule has 0 aromatic carbocycles. The predicted octanol–water partition coefficient (Wildman–Crippen LogP) is 3.03. The molecule has 0 aliphatic rings. The van der Waals surface area contributed by atoms with Gasteiger partial charge in [0, 0.05) is 26.0 Å². The summed E-state index contributed by atoms with van der Waals surface area (Å²) in [6.07, 6.45) is 8.16. The van der Waals surface area contributed by atoms with Crippen LogP contribution in [-0.2, 0) is 6.54 Å². The number of thioether (sulfide) groups is 1. The second kappa shape index (κ2) is 8.12. The van der Waals surface area contributed by atoms with E-state index in [1.165, 1.54) is 12.8 Å². The summed E-state index contributed by atoms with van der Waals surface area (Å²) < 4.78 is 0. The molecule has 0 bridgehead atoms. The fourth-order valence-corrected chi connectivity index (χ4v) is 2.08. The van der Waals surface area contributed by atoms with Crippen molar-refractivity contribution in [2.45, 2.75) is 26.3 Å². The molecule has 0 radical (unpaired) electrons. The molecule has 0 unspecified atom stereocenters. The fourth-order valence-electron chi connectivity index (χ4n) is 1.48. The van der Waals surface area contributed by atoms with E-state index in [0.717, 1.165) is 17.3 Å². The number of aliphatic imine (C=N–C) groups is 1. The third-order valence-electron chi connectivity index (χ3n) is 2.48. The highest BCUT2D eigenvalue weighted by Crippen LogP contribution is 2.07. The molecular weight excluding hydrogens is 230 g/mol. The first kappa shape index (κ1) is 14.0. The third-order valence-corrected chi connectivity index (χ3v) is 3.28. The summed E-state index contributed by atoms with van der Waals surface area (Å²) >= 11 is 1.70. The summed E-state index contributed by atoms with van der Waals surface area (Å²) in [6.45, 7) is 3.99. The van der Waals surface area contributed by atoms with Gasteiger partial charge in [-0.25, -0.2) is 0 Å². The van der Waals surface area contributed by atoms with Crippen LogP contribution < -0.4 is 0 Å². The summed E-state index contributed by atoms with van der Waals surface area (Å²) in [5.74, 6) is 0. The van der Waals surface area contributed by atoms with Gasteiger partial charge in [0.15, 0.2) is 5.17 Å². The van der Waals surface area contributed by atoms with Gasteiger partial charge >= 0.3 is 0 Å². The molecule has 0 atom stereocenters. The van der Waals surface area contributed by atoms with Crippen molar-refractivity contribution < 1.29 is 0 Å². The van der Waals surface area contributed by atoms with Gasteiger partial charge in [0.2, 0.25) is 0 Å². The molecule has 0 aliphatic carbocycles. The van der Waals surface area contributed by atoms with E-state index in [1.807, 2.05) is 12.3 Å². The Labute approximate surface area is 108 Å². The van der Waals surface area contributed by atoms with E-state index in [2.05, 4.69) is 41.2 Å². The van der Waals surface area contributed by atoms with E-state index in [0.29, 0.717) is 6.54 Å². The molecule has 0 spiro atoms. The van der Waals surface area contributed by atoms with Crippen LogP contribution in [0.5, 0.6) is 0 Å². The minimum atomic E-state index is 0.709. The van der Waals surface area contributed by atoms with Crippen molar-refractivity contribution in [1.29, 1.82) is 0 Å². The van der Waals surface area contributed by atoms with Gasteiger partial charge in [-0.15, -0.1) is 0 Å². The van der Waals surface area contributed by atoms with Crippen LogP contribution in [0, 0.1) is 0 Å². The summed E-state index contributed by atoms with van der Waals surface area (Å²) in [5, 5.41) is 1.10. The SMILES string of the molecule is CCCCN(C)C(=NCc1cccnc1)SC. The lowest BCUT2D eigenvalue weighted by atomic mass is 10.3. The van der Waals surface area contributed by atoms with Crippen LogP contribution in [0.4, 0.5) is 0 Å². The van der Waals surface area contributed by atoms with Gasteiger partial charge in [0.1, 0.15) is 0 Å². The van der Waals surface area contributed by atoms with Crippen molar-refractivity contribution in [3.8, 4) is 0 Å². The first-order chi connectivity index (χ1) is 8.27. The molecule has 1 rings (SSSR count). The number of pyridine rings is 1. The van der Waals surface area contributed by atoms with E-state index in [1.54, 1.807) is 18.0 Å². The smallest absolute Gasteiger partial charge is 0.158 e. The number of rotatable bonds is 5. The van der Waals surface area contributed by atoms with Gasteiger partial charge in [0.05, 0.1) is 6.54 Å². The Balaban J connectivity index is 2.54. The van der Waals surface area contributed by atoms with Crippen LogP contribution in [-0.4, -0.2) is 34.9 Å². The number of hydrogen-bond donors (Lipinski definition) is 0. The zero-order valence-corrected chi connectivity index (χ0v) is 11.7. The number of nitrogens with zero attached hydrogens (tertiary/aromatic N) is 3. The highest BCUT2D eigenvalue weighted by molar-refractivity contribution is 8.13. The van der Waals surface area contributed by atoms with Gasteiger partial charge in [-0.05, 0) is 24.3 Å². The molecule has 0 aliphatic heterocycles. The standard InChI is InChI=1S/C13H21N3S/c1-4-5-9-16(2)13(17-3)15-11-12-7-6-8-14-10-12/h6-8,10H,4-5,9,11H2,1-3H3. The molecule has 0 fully saturated rings.